The Hall–Kier alpha value is -4.26. The third-order valence-electron chi connectivity index (χ3n) is 5.70. The average Bonchev–Trinajstić information content (AvgIpc) is 3.09. The summed E-state index contributed by atoms with van der Waals surface area (Å²) in [6.45, 7) is 2.05. The van der Waals surface area contributed by atoms with Crippen molar-refractivity contribution in [1.82, 2.24) is 4.90 Å². The monoisotopic (exact) mass is 458 g/mol. The maximum atomic E-state index is 13.6. The molecule has 3 aromatic rings. The number of imide groups is 1. The van der Waals surface area contributed by atoms with Crippen molar-refractivity contribution in [3.05, 3.63) is 89.1 Å². The number of para-hydroxylation sites is 1. The van der Waals surface area contributed by atoms with Crippen LogP contribution in [0, 0.1) is 6.92 Å². The summed E-state index contributed by atoms with van der Waals surface area (Å²) in [5.74, 6) is 0.901. The molecule has 7 nitrogen and oxygen atoms in total. The lowest BCUT2D eigenvalue weighted by molar-refractivity contribution is -0.137. The number of methoxy groups -OCH3 is 3. The van der Waals surface area contributed by atoms with Crippen molar-refractivity contribution in [2.45, 2.75) is 13.5 Å². The summed E-state index contributed by atoms with van der Waals surface area (Å²) >= 11 is 0. The highest BCUT2D eigenvalue weighted by molar-refractivity contribution is 6.36. The van der Waals surface area contributed by atoms with Crippen LogP contribution < -0.4 is 19.5 Å². The number of nitrogens with zero attached hydrogens (tertiary/aromatic N) is 1. The quantitative estimate of drug-likeness (QED) is 0.504. The molecule has 1 aliphatic heterocycles. The fraction of sp³-hybridized carbons (Fsp3) is 0.185. The Kier molecular flexibility index (Phi) is 6.54. The average molecular weight is 459 g/mol. The Morgan fingerprint density at radius 2 is 1.50 bits per heavy atom. The summed E-state index contributed by atoms with van der Waals surface area (Å²) < 4.78 is 16.2. The number of anilines is 1. The predicted octanol–water partition coefficient (Wildman–Crippen LogP) is 4.41. The van der Waals surface area contributed by atoms with Crippen LogP contribution in [0.2, 0.25) is 0 Å². The minimum atomic E-state index is -0.427. The van der Waals surface area contributed by atoms with Crippen molar-refractivity contribution in [3.8, 4) is 17.2 Å². The Bertz CT molecular complexity index is 1260. The van der Waals surface area contributed by atoms with Gasteiger partial charge >= 0.3 is 0 Å². The van der Waals surface area contributed by atoms with E-state index in [9.17, 15) is 9.59 Å². The van der Waals surface area contributed by atoms with Gasteiger partial charge in [0.1, 0.15) is 22.9 Å². The van der Waals surface area contributed by atoms with Gasteiger partial charge in [-0.1, -0.05) is 48.0 Å². The molecule has 7 heteroatoms. The van der Waals surface area contributed by atoms with Crippen LogP contribution in [0.5, 0.6) is 17.2 Å². The number of hydrogen-bond acceptors (Lipinski definition) is 6. The maximum absolute atomic E-state index is 13.6. The second-order valence-electron chi connectivity index (χ2n) is 7.82. The van der Waals surface area contributed by atoms with Crippen LogP contribution in [0.25, 0.3) is 5.57 Å². The first-order chi connectivity index (χ1) is 16.5. The zero-order valence-electron chi connectivity index (χ0n) is 19.5. The largest absolute Gasteiger partial charge is 0.497 e. The number of aryl methyl sites for hydroxylation is 1. The van der Waals surface area contributed by atoms with Crippen LogP contribution in [-0.4, -0.2) is 38.0 Å². The lowest BCUT2D eigenvalue weighted by Gasteiger charge is -2.17. The number of carbonyl (C=O) groups is 2. The smallest absolute Gasteiger partial charge is 0.278 e. The van der Waals surface area contributed by atoms with Gasteiger partial charge < -0.3 is 19.5 Å². The molecule has 2 amide bonds. The normalized spacial score (nSPS) is 13.4. The Morgan fingerprint density at radius 1 is 0.794 bits per heavy atom. The number of hydrogen-bond donors (Lipinski definition) is 1. The first kappa shape index (κ1) is 22.9. The van der Waals surface area contributed by atoms with E-state index in [1.807, 2.05) is 49.4 Å². The number of nitrogens with one attached hydrogen (secondary N) is 1. The Balaban J connectivity index is 1.77. The van der Waals surface area contributed by atoms with Gasteiger partial charge in [-0.25, -0.2) is 0 Å². The predicted molar refractivity (Wildman–Crippen MR) is 130 cm³/mol. The second-order valence-corrected chi connectivity index (χ2v) is 7.82. The van der Waals surface area contributed by atoms with Gasteiger partial charge in [-0.05, 0) is 30.7 Å². The van der Waals surface area contributed by atoms with E-state index in [1.54, 1.807) is 38.5 Å². The van der Waals surface area contributed by atoms with Crippen molar-refractivity contribution in [2.75, 3.05) is 26.6 Å². The van der Waals surface area contributed by atoms with E-state index < -0.39 is 5.91 Å². The van der Waals surface area contributed by atoms with E-state index in [0.29, 0.717) is 34.1 Å². The van der Waals surface area contributed by atoms with E-state index in [4.69, 9.17) is 14.2 Å². The van der Waals surface area contributed by atoms with Crippen LogP contribution in [0.1, 0.15) is 16.7 Å². The number of rotatable bonds is 8. The number of carbonyl (C=O) groups excluding carboxylic acids is 2. The molecular formula is C27H26N2O5. The third-order valence-corrected chi connectivity index (χ3v) is 5.70. The van der Waals surface area contributed by atoms with Crippen molar-refractivity contribution in [3.63, 3.8) is 0 Å². The topological polar surface area (TPSA) is 77.1 Å². The van der Waals surface area contributed by atoms with E-state index in [0.717, 1.165) is 11.1 Å². The summed E-state index contributed by atoms with van der Waals surface area (Å²) in [5, 5.41) is 3.16. The molecule has 0 aliphatic carbocycles. The second kappa shape index (κ2) is 9.70. The SMILES string of the molecule is COc1ccc(NC2=C(c3ccc(C)cc3)C(=O)N(Cc3ccccc3OC)C2=O)c(OC)c1. The molecule has 174 valence electrons. The van der Waals surface area contributed by atoms with Gasteiger partial charge in [-0.15, -0.1) is 0 Å². The van der Waals surface area contributed by atoms with E-state index in [1.165, 1.54) is 12.0 Å². The molecule has 0 unspecified atom stereocenters. The molecule has 3 aromatic carbocycles. The van der Waals surface area contributed by atoms with Gasteiger partial charge in [0.25, 0.3) is 11.8 Å². The molecule has 1 heterocycles. The molecule has 1 aliphatic rings. The van der Waals surface area contributed by atoms with Crippen molar-refractivity contribution in [2.24, 2.45) is 0 Å². The Morgan fingerprint density at radius 3 is 2.18 bits per heavy atom. The summed E-state index contributed by atoms with van der Waals surface area (Å²) in [4.78, 5) is 28.4. The van der Waals surface area contributed by atoms with Crippen LogP contribution in [0.4, 0.5) is 5.69 Å². The molecule has 1 N–H and O–H groups in total. The standard InChI is InChI=1S/C27H26N2O5/c1-17-9-11-18(12-10-17)24-25(28-21-14-13-20(32-2)15-23(21)34-4)27(31)29(26(24)30)16-19-7-5-6-8-22(19)33-3/h5-15,28H,16H2,1-4H3. The van der Waals surface area contributed by atoms with Crippen molar-refractivity contribution < 1.29 is 23.8 Å². The lowest BCUT2D eigenvalue weighted by atomic mass is 10.0. The fourth-order valence-corrected chi connectivity index (χ4v) is 3.86. The minimum absolute atomic E-state index is 0.0853. The molecule has 0 saturated carbocycles. The lowest BCUT2D eigenvalue weighted by Crippen LogP contribution is -2.32. The van der Waals surface area contributed by atoms with E-state index in [-0.39, 0.29) is 18.1 Å². The maximum Gasteiger partial charge on any atom is 0.278 e. The van der Waals surface area contributed by atoms with Crippen molar-refractivity contribution in [1.29, 1.82) is 0 Å². The van der Waals surface area contributed by atoms with Gasteiger partial charge in [-0.3, -0.25) is 14.5 Å². The van der Waals surface area contributed by atoms with E-state index in [2.05, 4.69) is 5.32 Å². The van der Waals surface area contributed by atoms with Crippen LogP contribution in [-0.2, 0) is 16.1 Å². The molecule has 0 spiro atoms. The Labute approximate surface area is 198 Å². The molecule has 4 rings (SSSR count). The zero-order valence-corrected chi connectivity index (χ0v) is 19.5. The summed E-state index contributed by atoms with van der Waals surface area (Å²) in [5.41, 5.74) is 3.48. The van der Waals surface area contributed by atoms with Gasteiger partial charge in [0, 0.05) is 11.6 Å². The molecule has 0 atom stereocenters. The number of benzene rings is 3. The van der Waals surface area contributed by atoms with Gasteiger partial charge in [0.05, 0.1) is 39.1 Å². The molecule has 34 heavy (non-hydrogen) atoms. The van der Waals surface area contributed by atoms with Crippen LogP contribution >= 0.6 is 0 Å². The summed E-state index contributed by atoms with van der Waals surface area (Å²) in [6, 6.07) is 20.0. The van der Waals surface area contributed by atoms with Gasteiger partial charge in [0.15, 0.2) is 0 Å². The molecular weight excluding hydrogens is 432 g/mol. The van der Waals surface area contributed by atoms with E-state index >= 15 is 0 Å². The summed E-state index contributed by atoms with van der Waals surface area (Å²) in [6.07, 6.45) is 0. The third kappa shape index (κ3) is 4.32. The summed E-state index contributed by atoms with van der Waals surface area (Å²) in [7, 11) is 4.66. The number of ether oxygens (including phenoxy) is 3. The molecule has 0 fully saturated rings. The first-order valence-corrected chi connectivity index (χ1v) is 10.7. The molecule has 0 bridgehead atoms. The molecule has 0 radical (unpaired) electrons. The zero-order chi connectivity index (χ0) is 24.2. The first-order valence-electron chi connectivity index (χ1n) is 10.7. The van der Waals surface area contributed by atoms with Crippen LogP contribution in [0.3, 0.4) is 0 Å². The van der Waals surface area contributed by atoms with Crippen LogP contribution in [0.15, 0.2) is 72.4 Å². The van der Waals surface area contributed by atoms with Gasteiger partial charge in [0.2, 0.25) is 0 Å². The van der Waals surface area contributed by atoms with Crippen molar-refractivity contribution >= 4 is 23.1 Å². The number of amides is 2. The fourth-order valence-electron chi connectivity index (χ4n) is 3.86. The molecule has 0 aromatic heterocycles. The molecule has 0 saturated heterocycles. The highest BCUT2D eigenvalue weighted by Crippen LogP contribution is 2.36. The minimum Gasteiger partial charge on any atom is -0.497 e. The van der Waals surface area contributed by atoms with Gasteiger partial charge in [-0.2, -0.15) is 0 Å². The highest BCUT2D eigenvalue weighted by atomic mass is 16.5. The highest BCUT2D eigenvalue weighted by Gasteiger charge is 2.39.